The number of carbonyl (C=O) groups excluding carboxylic acids is 1. The van der Waals surface area contributed by atoms with Crippen LogP contribution in [0.3, 0.4) is 0 Å². The molecule has 1 saturated heterocycles. The Labute approximate surface area is 143 Å². The summed E-state index contributed by atoms with van der Waals surface area (Å²) in [5.74, 6) is 0.168. The van der Waals surface area contributed by atoms with Crippen LogP contribution in [0.5, 0.6) is 5.88 Å². The first kappa shape index (κ1) is 19.3. The standard InChI is InChI=1S/C15H20F3N3O4/c1-10-12(15(16,17)18)24-7-6-21(10)14(22)20-11-4-3-5-19-13(11)25-9-8-23-2/h3-5,10,12H,6-9H2,1-2H3,(H,20,22). The molecule has 2 amide bonds. The van der Waals surface area contributed by atoms with E-state index in [0.717, 1.165) is 4.90 Å². The highest BCUT2D eigenvalue weighted by atomic mass is 19.4. The van der Waals surface area contributed by atoms with Crippen LogP contribution in [0, 0.1) is 0 Å². The summed E-state index contributed by atoms with van der Waals surface area (Å²) in [5, 5.41) is 2.55. The maximum atomic E-state index is 13.0. The van der Waals surface area contributed by atoms with Crippen molar-refractivity contribution in [2.45, 2.75) is 25.2 Å². The lowest BCUT2D eigenvalue weighted by Crippen LogP contribution is -2.58. The zero-order valence-electron chi connectivity index (χ0n) is 13.9. The van der Waals surface area contributed by atoms with E-state index in [0.29, 0.717) is 6.61 Å². The van der Waals surface area contributed by atoms with Crippen molar-refractivity contribution in [1.82, 2.24) is 9.88 Å². The van der Waals surface area contributed by atoms with Crippen molar-refractivity contribution in [2.75, 3.05) is 38.8 Å². The first-order chi connectivity index (χ1) is 11.8. The fourth-order valence-electron chi connectivity index (χ4n) is 2.45. The molecule has 0 aliphatic carbocycles. The largest absolute Gasteiger partial charge is 0.474 e. The molecule has 2 atom stereocenters. The second-order valence-corrected chi connectivity index (χ2v) is 5.39. The maximum absolute atomic E-state index is 13.0. The number of alkyl halides is 3. The number of morpholine rings is 1. The minimum absolute atomic E-state index is 0.0553. The lowest BCUT2D eigenvalue weighted by Gasteiger charge is -2.39. The number of urea groups is 1. The van der Waals surface area contributed by atoms with Crippen LogP contribution in [0.2, 0.25) is 0 Å². The summed E-state index contributed by atoms with van der Waals surface area (Å²) < 4.78 is 53.9. The zero-order chi connectivity index (χ0) is 18.4. The van der Waals surface area contributed by atoms with Gasteiger partial charge in [-0.05, 0) is 19.1 Å². The van der Waals surface area contributed by atoms with Crippen LogP contribution in [-0.4, -0.2) is 67.7 Å². The Morgan fingerprint density at radius 2 is 2.24 bits per heavy atom. The van der Waals surface area contributed by atoms with Crippen LogP contribution in [0.4, 0.5) is 23.7 Å². The Bertz CT molecular complexity index is 585. The third-order valence-electron chi connectivity index (χ3n) is 3.68. The molecule has 2 rings (SSSR count). The predicted octanol–water partition coefficient (Wildman–Crippen LogP) is 2.29. The van der Waals surface area contributed by atoms with Crippen molar-refractivity contribution in [3.63, 3.8) is 0 Å². The molecule has 0 spiro atoms. The van der Waals surface area contributed by atoms with Gasteiger partial charge in [0.25, 0.3) is 0 Å². The van der Waals surface area contributed by atoms with Crippen molar-refractivity contribution in [3.05, 3.63) is 18.3 Å². The molecule has 0 aromatic carbocycles. The first-order valence-corrected chi connectivity index (χ1v) is 7.67. The number of pyridine rings is 1. The molecule has 25 heavy (non-hydrogen) atoms. The molecular formula is C15H20F3N3O4. The van der Waals surface area contributed by atoms with E-state index < -0.39 is 24.4 Å². The number of hydrogen-bond donors (Lipinski definition) is 1. The molecule has 0 saturated carbocycles. The van der Waals surface area contributed by atoms with Gasteiger partial charge in [-0.2, -0.15) is 13.2 Å². The van der Waals surface area contributed by atoms with Gasteiger partial charge in [0.1, 0.15) is 12.3 Å². The van der Waals surface area contributed by atoms with Gasteiger partial charge in [0.2, 0.25) is 5.88 Å². The quantitative estimate of drug-likeness (QED) is 0.813. The number of amides is 2. The molecule has 1 aromatic rings. The monoisotopic (exact) mass is 363 g/mol. The molecule has 10 heteroatoms. The Hall–Kier alpha value is -2.07. The number of carbonyl (C=O) groups is 1. The highest BCUT2D eigenvalue weighted by Gasteiger charge is 2.49. The molecule has 1 aromatic heterocycles. The highest BCUT2D eigenvalue weighted by molar-refractivity contribution is 5.90. The maximum Gasteiger partial charge on any atom is 0.416 e. The number of aromatic nitrogens is 1. The van der Waals surface area contributed by atoms with E-state index in [-0.39, 0.29) is 31.3 Å². The van der Waals surface area contributed by atoms with Gasteiger partial charge < -0.3 is 24.4 Å². The summed E-state index contributed by atoms with van der Waals surface area (Å²) in [6.45, 7) is 1.72. The summed E-state index contributed by atoms with van der Waals surface area (Å²) in [6.07, 6.45) is -5.08. The topological polar surface area (TPSA) is 72.9 Å². The van der Waals surface area contributed by atoms with Crippen LogP contribution in [-0.2, 0) is 9.47 Å². The minimum atomic E-state index is -4.54. The molecule has 1 N–H and O–H groups in total. The van der Waals surface area contributed by atoms with E-state index in [9.17, 15) is 18.0 Å². The molecule has 0 radical (unpaired) electrons. The van der Waals surface area contributed by atoms with E-state index in [2.05, 4.69) is 10.3 Å². The minimum Gasteiger partial charge on any atom is -0.474 e. The molecule has 2 heterocycles. The van der Waals surface area contributed by atoms with Gasteiger partial charge in [0.05, 0.1) is 19.3 Å². The lowest BCUT2D eigenvalue weighted by atomic mass is 10.1. The summed E-state index contributed by atoms with van der Waals surface area (Å²) in [4.78, 5) is 17.5. The van der Waals surface area contributed by atoms with E-state index >= 15 is 0 Å². The fraction of sp³-hybridized carbons (Fsp3) is 0.600. The highest BCUT2D eigenvalue weighted by Crippen LogP contribution is 2.30. The second kappa shape index (κ2) is 8.34. The Kier molecular flexibility index (Phi) is 6.43. The summed E-state index contributed by atoms with van der Waals surface area (Å²) in [7, 11) is 1.52. The average molecular weight is 363 g/mol. The molecule has 7 nitrogen and oxygen atoms in total. The fourth-order valence-corrected chi connectivity index (χ4v) is 2.45. The summed E-state index contributed by atoms with van der Waals surface area (Å²) >= 11 is 0. The number of nitrogens with zero attached hydrogens (tertiary/aromatic N) is 2. The summed E-state index contributed by atoms with van der Waals surface area (Å²) in [6, 6.07) is 1.32. The molecule has 140 valence electrons. The van der Waals surface area contributed by atoms with Crippen molar-refractivity contribution in [3.8, 4) is 5.88 Å². The van der Waals surface area contributed by atoms with Crippen molar-refractivity contribution < 1.29 is 32.2 Å². The SMILES string of the molecule is COCCOc1ncccc1NC(=O)N1CCOC(C(F)(F)F)C1C. The first-order valence-electron chi connectivity index (χ1n) is 7.67. The lowest BCUT2D eigenvalue weighted by molar-refractivity contribution is -0.246. The third kappa shape index (κ3) is 4.95. The van der Waals surface area contributed by atoms with Gasteiger partial charge in [-0.15, -0.1) is 0 Å². The van der Waals surface area contributed by atoms with Crippen LogP contribution in [0.25, 0.3) is 0 Å². The number of ether oxygens (including phenoxy) is 3. The summed E-state index contributed by atoms with van der Waals surface area (Å²) in [5.41, 5.74) is 0.269. The van der Waals surface area contributed by atoms with Gasteiger partial charge in [0.15, 0.2) is 6.10 Å². The molecule has 2 unspecified atom stereocenters. The number of methoxy groups -OCH3 is 1. The molecular weight excluding hydrogens is 343 g/mol. The second-order valence-electron chi connectivity index (χ2n) is 5.39. The zero-order valence-corrected chi connectivity index (χ0v) is 13.9. The normalized spacial score (nSPS) is 21.1. The van der Waals surface area contributed by atoms with Crippen LogP contribution in [0.1, 0.15) is 6.92 Å². The Balaban J connectivity index is 2.06. The van der Waals surface area contributed by atoms with Gasteiger partial charge >= 0.3 is 12.2 Å². The van der Waals surface area contributed by atoms with Crippen LogP contribution < -0.4 is 10.1 Å². The van der Waals surface area contributed by atoms with E-state index in [1.165, 1.54) is 20.2 Å². The van der Waals surface area contributed by atoms with Crippen molar-refractivity contribution in [1.29, 1.82) is 0 Å². The van der Waals surface area contributed by atoms with Crippen LogP contribution >= 0.6 is 0 Å². The predicted molar refractivity (Wildman–Crippen MR) is 82.6 cm³/mol. The molecule has 1 fully saturated rings. The van der Waals surface area contributed by atoms with Gasteiger partial charge in [0, 0.05) is 19.9 Å². The Morgan fingerprint density at radius 3 is 2.92 bits per heavy atom. The van der Waals surface area contributed by atoms with Gasteiger partial charge in [-0.1, -0.05) is 0 Å². The van der Waals surface area contributed by atoms with E-state index in [1.54, 1.807) is 12.1 Å². The van der Waals surface area contributed by atoms with Crippen molar-refractivity contribution >= 4 is 11.7 Å². The van der Waals surface area contributed by atoms with Gasteiger partial charge in [-0.3, -0.25) is 0 Å². The number of rotatable bonds is 5. The van der Waals surface area contributed by atoms with E-state index in [4.69, 9.17) is 14.2 Å². The number of halogens is 3. The van der Waals surface area contributed by atoms with Gasteiger partial charge in [-0.25, -0.2) is 9.78 Å². The molecule has 1 aliphatic heterocycles. The number of anilines is 1. The van der Waals surface area contributed by atoms with Crippen molar-refractivity contribution in [2.24, 2.45) is 0 Å². The average Bonchev–Trinajstić information content (AvgIpc) is 2.55. The molecule has 1 aliphatic rings. The third-order valence-corrected chi connectivity index (χ3v) is 3.68. The van der Waals surface area contributed by atoms with Crippen LogP contribution in [0.15, 0.2) is 18.3 Å². The number of nitrogens with one attached hydrogen (secondary N) is 1. The van der Waals surface area contributed by atoms with E-state index in [1.807, 2.05) is 0 Å². The number of hydrogen-bond acceptors (Lipinski definition) is 5. The molecule has 0 bridgehead atoms. The Morgan fingerprint density at radius 1 is 1.48 bits per heavy atom. The smallest absolute Gasteiger partial charge is 0.416 e.